The number of nitrogens with one attached hydrogen (secondary N) is 3. The standard InChI is InChI=1S/C30H38N3O4PS/c1-3-20-36-38(35,37-21-4-2)29(26-18-12-7-13-19-26)33-30(39)32-27(22-24-14-8-5-9-15-24)28(34)31-23-25-16-10-6-11-17-25/h5-19,27,29H,3-4,20-23H2,1-2H3,(H,31,34)(H2,32,33,39)/t27-,29?/m0/s1. The number of benzene rings is 3. The Bertz CT molecular complexity index is 1190. The molecule has 39 heavy (non-hydrogen) atoms. The SMILES string of the molecule is CCCOP(=O)(OCCC)C(NC(=S)N[C@@H](Cc1ccccc1)C(=O)NCc1ccccc1)c1ccccc1. The lowest BCUT2D eigenvalue weighted by Gasteiger charge is -2.30. The average Bonchev–Trinajstić information content (AvgIpc) is 2.97. The van der Waals surface area contributed by atoms with E-state index in [2.05, 4.69) is 16.0 Å². The Balaban J connectivity index is 1.81. The van der Waals surface area contributed by atoms with Gasteiger partial charge >= 0.3 is 7.60 Å². The summed E-state index contributed by atoms with van der Waals surface area (Å²) in [6, 6.07) is 28.1. The molecule has 9 heteroatoms. The van der Waals surface area contributed by atoms with Gasteiger partial charge in [-0.3, -0.25) is 9.36 Å². The van der Waals surface area contributed by atoms with Crippen molar-refractivity contribution < 1.29 is 18.4 Å². The first-order chi connectivity index (χ1) is 18.9. The lowest BCUT2D eigenvalue weighted by atomic mass is 10.1. The zero-order chi connectivity index (χ0) is 27.9. The molecule has 1 amide bonds. The molecule has 0 aliphatic rings. The Morgan fingerprint density at radius 1 is 0.795 bits per heavy atom. The van der Waals surface area contributed by atoms with E-state index in [1.807, 2.05) is 105 Å². The van der Waals surface area contributed by atoms with E-state index in [1.165, 1.54) is 0 Å². The van der Waals surface area contributed by atoms with Gasteiger partial charge in [0.05, 0.1) is 13.2 Å². The van der Waals surface area contributed by atoms with Gasteiger partial charge < -0.3 is 25.0 Å². The molecule has 7 nitrogen and oxygen atoms in total. The molecule has 0 saturated carbocycles. The molecule has 0 radical (unpaired) electrons. The molecule has 0 aliphatic heterocycles. The maximum absolute atomic E-state index is 14.1. The highest BCUT2D eigenvalue weighted by Crippen LogP contribution is 2.59. The van der Waals surface area contributed by atoms with Crippen LogP contribution in [0.3, 0.4) is 0 Å². The van der Waals surface area contributed by atoms with E-state index < -0.39 is 19.4 Å². The van der Waals surface area contributed by atoms with Gasteiger partial charge in [-0.1, -0.05) is 105 Å². The average molecular weight is 568 g/mol. The molecule has 1 unspecified atom stereocenters. The molecule has 0 saturated heterocycles. The molecule has 0 aliphatic carbocycles. The first-order valence-electron chi connectivity index (χ1n) is 13.3. The van der Waals surface area contributed by atoms with E-state index in [1.54, 1.807) is 0 Å². The van der Waals surface area contributed by atoms with Crippen LogP contribution in [0.2, 0.25) is 0 Å². The molecule has 3 aromatic rings. The van der Waals surface area contributed by atoms with Crippen LogP contribution in [0.4, 0.5) is 0 Å². The molecular weight excluding hydrogens is 529 g/mol. The third-order valence-corrected chi connectivity index (χ3v) is 8.24. The van der Waals surface area contributed by atoms with Crippen molar-refractivity contribution in [2.24, 2.45) is 0 Å². The molecule has 0 bridgehead atoms. The molecule has 0 heterocycles. The van der Waals surface area contributed by atoms with Gasteiger partial charge in [0.15, 0.2) is 10.9 Å². The van der Waals surface area contributed by atoms with Gasteiger partial charge in [0.25, 0.3) is 0 Å². The fraction of sp³-hybridized carbons (Fsp3) is 0.333. The molecule has 0 fully saturated rings. The summed E-state index contributed by atoms with van der Waals surface area (Å²) in [4.78, 5) is 13.3. The van der Waals surface area contributed by atoms with Crippen molar-refractivity contribution in [3.05, 3.63) is 108 Å². The number of hydrogen-bond acceptors (Lipinski definition) is 5. The summed E-state index contributed by atoms with van der Waals surface area (Å²) in [5, 5.41) is 9.51. The number of carbonyl (C=O) groups excluding carboxylic acids is 1. The summed E-state index contributed by atoms with van der Waals surface area (Å²) in [6.45, 7) is 4.85. The maximum atomic E-state index is 14.1. The van der Waals surface area contributed by atoms with Gasteiger partial charge in [0.1, 0.15) is 6.04 Å². The Hall–Kier alpha value is -3.03. The quantitative estimate of drug-likeness (QED) is 0.151. The van der Waals surface area contributed by atoms with Gasteiger partial charge in [0, 0.05) is 13.0 Å². The van der Waals surface area contributed by atoms with Gasteiger partial charge in [0.2, 0.25) is 5.91 Å². The summed E-state index contributed by atoms with van der Waals surface area (Å²) in [5.41, 5.74) is 2.69. The minimum Gasteiger partial charge on any atom is -0.351 e. The fourth-order valence-electron chi connectivity index (χ4n) is 3.90. The Morgan fingerprint density at radius 3 is 1.85 bits per heavy atom. The van der Waals surface area contributed by atoms with Crippen LogP contribution in [-0.2, 0) is 31.4 Å². The predicted molar refractivity (Wildman–Crippen MR) is 160 cm³/mol. The second-order valence-corrected chi connectivity index (χ2v) is 11.6. The van der Waals surface area contributed by atoms with E-state index in [0.717, 1.165) is 11.1 Å². The summed E-state index contributed by atoms with van der Waals surface area (Å²) in [5.74, 6) is -1.04. The van der Waals surface area contributed by atoms with Crippen LogP contribution in [0.25, 0.3) is 0 Å². The third-order valence-electron chi connectivity index (χ3n) is 5.86. The molecule has 3 rings (SSSR count). The van der Waals surface area contributed by atoms with Gasteiger partial charge in [-0.05, 0) is 41.7 Å². The second kappa shape index (κ2) is 16.2. The largest absolute Gasteiger partial charge is 0.357 e. The van der Waals surface area contributed by atoms with Crippen LogP contribution in [-0.4, -0.2) is 30.3 Å². The molecule has 3 N–H and O–H groups in total. The van der Waals surface area contributed by atoms with Crippen molar-refractivity contribution in [1.82, 2.24) is 16.0 Å². The fourth-order valence-corrected chi connectivity index (χ4v) is 6.31. The van der Waals surface area contributed by atoms with E-state index in [9.17, 15) is 9.36 Å². The summed E-state index contributed by atoms with van der Waals surface area (Å²) in [7, 11) is -3.66. The number of hydrogen-bond donors (Lipinski definition) is 3. The van der Waals surface area contributed by atoms with E-state index in [4.69, 9.17) is 21.3 Å². The van der Waals surface area contributed by atoms with Gasteiger partial charge in [-0.25, -0.2) is 0 Å². The van der Waals surface area contributed by atoms with E-state index in [0.29, 0.717) is 31.4 Å². The highest BCUT2D eigenvalue weighted by Gasteiger charge is 2.38. The monoisotopic (exact) mass is 567 g/mol. The zero-order valence-electron chi connectivity index (χ0n) is 22.5. The number of amides is 1. The van der Waals surface area contributed by atoms with Crippen LogP contribution in [0, 0.1) is 0 Å². The van der Waals surface area contributed by atoms with Crippen LogP contribution < -0.4 is 16.0 Å². The first-order valence-corrected chi connectivity index (χ1v) is 15.3. The zero-order valence-corrected chi connectivity index (χ0v) is 24.3. The topological polar surface area (TPSA) is 88.7 Å². The minimum atomic E-state index is -3.66. The number of carbonyl (C=O) groups is 1. The molecule has 3 aromatic carbocycles. The summed E-state index contributed by atoms with van der Waals surface area (Å²) < 4.78 is 25.7. The predicted octanol–water partition coefficient (Wildman–Crippen LogP) is 6.12. The lowest BCUT2D eigenvalue weighted by Crippen LogP contribution is -2.51. The van der Waals surface area contributed by atoms with E-state index in [-0.39, 0.29) is 24.2 Å². The van der Waals surface area contributed by atoms with Crippen LogP contribution in [0.15, 0.2) is 91.0 Å². The highest BCUT2D eigenvalue weighted by atomic mass is 32.1. The van der Waals surface area contributed by atoms with Crippen molar-refractivity contribution in [2.75, 3.05) is 13.2 Å². The first kappa shape index (κ1) is 30.5. The Morgan fingerprint density at radius 2 is 1.31 bits per heavy atom. The smallest absolute Gasteiger partial charge is 0.351 e. The van der Waals surface area contributed by atoms with Gasteiger partial charge in [-0.2, -0.15) is 0 Å². The van der Waals surface area contributed by atoms with Crippen molar-refractivity contribution in [3.63, 3.8) is 0 Å². The highest BCUT2D eigenvalue weighted by molar-refractivity contribution is 7.80. The molecule has 2 atom stereocenters. The third kappa shape index (κ3) is 9.90. The van der Waals surface area contributed by atoms with E-state index >= 15 is 0 Å². The van der Waals surface area contributed by atoms with Crippen molar-refractivity contribution in [2.45, 2.75) is 51.5 Å². The molecule has 0 aromatic heterocycles. The second-order valence-electron chi connectivity index (χ2n) is 9.08. The molecular formula is C30H38N3O4PS. The van der Waals surface area contributed by atoms with Crippen molar-refractivity contribution in [3.8, 4) is 0 Å². The lowest BCUT2D eigenvalue weighted by molar-refractivity contribution is -0.122. The van der Waals surface area contributed by atoms with Crippen molar-refractivity contribution >= 4 is 30.8 Å². The van der Waals surface area contributed by atoms with Crippen LogP contribution in [0.1, 0.15) is 49.2 Å². The number of thiocarbonyl (C=S) groups is 1. The Labute approximate surface area is 237 Å². The Kier molecular flexibility index (Phi) is 12.6. The summed E-state index contributed by atoms with van der Waals surface area (Å²) >= 11 is 5.68. The van der Waals surface area contributed by atoms with Crippen molar-refractivity contribution in [1.29, 1.82) is 0 Å². The van der Waals surface area contributed by atoms with Gasteiger partial charge in [-0.15, -0.1) is 0 Å². The number of rotatable bonds is 15. The van der Waals surface area contributed by atoms with Crippen LogP contribution in [0.5, 0.6) is 0 Å². The minimum absolute atomic E-state index is 0.181. The van der Waals surface area contributed by atoms with Crippen LogP contribution >= 0.6 is 19.8 Å². The molecule has 0 spiro atoms. The molecule has 208 valence electrons. The normalized spacial score (nSPS) is 12.8. The maximum Gasteiger partial charge on any atom is 0.357 e. The summed E-state index contributed by atoms with van der Waals surface area (Å²) in [6.07, 6.45) is 1.78.